The zero-order valence-corrected chi connectivity index (χ0v) is 6.28. The first-order valence-corrected chi connectivity index (χ1v) is 4.18. The zero-order chi connectivity index (χ0) is 6.28. The third-order valence-corrected chi connectivity index (χ3v) is 4.38. The van der Waals surface area contributed by atoms with Crippen LogP contribution in [0.5, 0.6) is 0 Å². The molecule has 3 fully saturated rings. The summed E-state index contributed by atoms with van der Waals surface area (Å²) in [6, 6.07) is 0. The van der Waals surface area contributed by atoms with Crippen molar-refractivity contribution in [2.75, 3.05) is 0 Å². The van der Waals surface area contributed by atoms with E-state index in [9.17, 15) is 0 Å². The normalized spacial score (nSPS) is 75.3. The second kappa shape index (κ2) is 0.889. The molecule has 3 rings (SSSR count). The summed E-state index contributed by atoms with van der Waals surface area (Å²) in [5, 5.41) is 0. The SMILES string of the molecule is C[C@H]1CC2(C)CC23C[C@@H]13. The molecule has 0 amide bonds. The van der Waals surface area contributed by atoms with Crippen LogP contribution in [0.1, 0.15) is 33.1 Å². The predicted molar refractivity (Wildman–Crippen MR) is 37.0 cm³/mol. The van der Waals surface area contributed by atoms with Gasteiger partial charge in [0.25, 0.3) is 0 Å². The molecular weight excluding hydrogens is 108 g/mol. The maximum Gasteiger partial charge on any atom is -0.0204 e. The maximum absolute atomic E-state index is 2.50. The molecule has 3 aliphatic rings. The van der Waals surface area contributed by atoms with E-state index in [0.717, 1.165) is 16.7 Å². The topological polar surface area (TPSA) is 0 Å². The first-order valence-electron chi connectivity index (χ1n) is 4.18. The minimum Gasteiger partial charge on any atom is -0.0622 e. The Bertz CT molecular complexity index is 182. The molecule has 3 saturated carbocycles. The van der Waals surface area contributed by atoms with Crippen LogP contribution >= 0.6 is 0 Å². The Balaban J connectivity index is 2.04. The van der Waals surface area contributed by atoms with Gasteiger partial charge in [-0.05, 0) is 41.9 Å². The smallest absolute Gasteiger partial charge is 0.0204 e. The fourth-order valence-corrected chi connectivity index (χ4v) is 3.76. The summed E-state index contributed by atoms with van der Waals surface area (Å²) in [5.74, 6) is 2.24. The summed E-state index contributed by atoms with van der Waals surface area (Å²) in [4.78, 5) is 0. The summed E-state index contributed by atoms with van der Waals surface area (Å²) < 4.78 is 0. The summed E-state index contributed by atoms with van der Waals surface area (Å²) in [6.07, 6.45) is 4.71. The van der Waals surface area contributed by atoms with Gasteiger partial charge in [0.2, 0.25) is 0 Å². The van der Waals surface area contributed by atoms with Gasteiger partial charge in [0.15, 0.2) is 0 Å². The van der Waals surface area contributed by atoms with Crippen LogP contribution in [-0.4, -0.2) is 0 Å². The molecule has 9 heavy (non-hydrogen) atoms. The summed E-state index contributed by atoms with van der Waals surface area (Å²) in [6.45, 7) is 4.94. The van der Waals surface area contributed by atoms with Crippen molar-refractivity contribution >= 4 is 0 Å². The van der Waals surface area contributed by atoms with Crippen LogP contribution in [-0.2, 0) is 0 Å². The van der Waals surface area contributed by atoms with Crippen molar-refractivity contribution in [2.45, 2.75) is 33.1 Å². The van der Waals surface area contributed by atoms with Crippen molar-refractivity contribution < 1.29 is 0 Å². The van der Waals surface area contributed by atoms with Crippen LogP contribution in [0.25, 0.3) is 0 Å². The van der Waals surface area contributed by atoms with E-state index < -0.39 is 0 Å². The van der Waals surface area contributed by atoms with Gasteiger partial charge in [0.05, 0.1) is 0 Å². The van der Waals surface area contributed by atoms with E-state index in [-0.39, 0.29) is 0 Å². The Kier molecular flexibility index (Phi) is 0.470. The Hall–Kier alpha value is 0. The molecule has 3 aliphatic carbocycles. The van der Waals surface area contributed by atoms with Crippen molar-refractivity contribution in [1.82, 2.24) is 0 Å². The molecule has 0 aliphatic heterocycles. The summed E-state index contributed by atoms with van der Waals surface area (Å²) in [7, 11) is 0. The Morgan fingerprint density at radius 1 is 1.33 bits per heavy atom. The van der Waals surface area contributed by atoms with Gasteiger partial charge in [-0.3, -0.25) is 0 Å². The number of hydrogen-bond acceptors (Lipinski definition) is 0. The van der Waals surface area contributed by atoms with E-state index in [1.54, 1.807) is 12.8 Å². The molecule has 0 heterocycles. The molecule has 0 bridgehead atoms. The minimum atomic E-state index is 0.844. The first kappa shape index (κ1) is 4.76. The average Bonchev–Trinajstić information content (AvgIpc) is 2.49. The van der Waals surface area contributed by atoms with Gasteiger partial charge in [-0.25, -0.2) is 0 Å². The third-order valence-electron chi connectivity index (χ3n) is 4.38. The Labute approximate surface area is 56.6 Å². The quantitative estimate of drug-likeness (QED) is 0.463. The highest BCUT2D eigenvalue weighted by molar-refractivity contribution is 5.30. The van der Waals surface area contributed by atoms with Gasteiger partial charge in [-0.2, -0.15) is 0 Å². The monoisotopic (exact) mass is 122 g/mol. The highest BCUT2D eigenvalue weighted by atomic mass is 14.9. The maximum atomic E-state index is 2.50. The number of rotatable bonds is 0. The molecule has 0 radical (unpaired) electrons. The molecule has 0 aromatic carbocycles. The number of hydrogen-bond donors (Lipinski definition) is 0. The van der Waals surface area contributed by atoms with E-state index in [1.807, 2.05) is 0 Å². The van der Waals surface area contributed by atoms with Crippen LogP contribution in [0.15, 0.2) is 0 Å². The largest absolute Gasteiger partial charge is 0.0622 e. The van der Waals surface area contributed by atoms with Crippen LogP contribution in [0.2, 0.25) is 0 Å². The molecule has 4 atom stereocenters. The molecular formula is C9H14. The fraction of sp³-hybridized carbons (Fsp3) is 1.00. The third kappa shape index (κ3) is 0.300. The van der Waals surface area contributed by atoms with Gasteiger partial charge < -0.3 is 0 Å². The molecule has 0 aromatic rings. The summed E-state index contributed by atoms with van der Waals surface area (Å²) >= 11 is 0. The molecule has 0 nitrogen and oxygen atoms in total. The van der Waals surface area contributed by atoms with Crippen molar-refractivity contribution in [3.05, 3.63) is 0 Å². The van der Waals surface area contributed by atoms with E-state index in [1.165, 1.54) is 12.3 Å². The van der Waals surface area contributed by atoms with E-state index in [2.05, 4.69) is 13.8 Å². The standard InChI is InChI=1S/C9H14/c1-6-3-8(2)5-9(8)4-7(6)9/h6-7H,3-5H2,1-2H3/t6-,7-,8?,9?/m0/s1. The zero-order valence-electron chi connectivity index (χ0n) is 6.28. The van der Waals surface area contributed by atoms with Crippen LogP contribution < -0.4 is 0 Å². The van der Waals surface area contributed by atoms with E-state index in [4.69, 9.17) is 0 Å². The second-order valence-electron chi connectivity index (χ2n) is 4.89. The lowest BCUT2D eigenvalue weighted by atomic mass is 9.96. The van der Waals surface area contributed by atoms with E-state index >= 15 is 0 Å². The molecule has 0 N–H and O–H groups in total. The highest BCUT2D eigenvalue weighted by Gasteiger charge is 2.82. The van der Waals surface area contributed by atoms with Crippen LogP contribution in [0.4, 0.5) is 0 Å². The average molecular weight is 122 g/mol. The van der Waals surface area contributed by atoms with Gasteiger partial charge in [-0.15, -0.1) is 0 Å². The van der Waals surface area contributed by atoms with Gasteiger partial charge in [-0.1, -0.05) is 13.8 Å². The lowest BCUT2D eigenvalue weighted by molar-refractivity contribution is 0.415. The Morgan fingerprint density at radius 2 is 2.11 bits per heavy atom. The van der Waals surface area contributed by atoms with Crippen molar-refractivity contribution in [3.63, 3.8) is 0 Å². The molecule has 2 unspecified atom stereocenters. The molecule has 0 heteroatoms. The Morgan fingerprint density at radius 3 is 2.33 bits per heavy atom. The minimum absolute atomic E-state index is 0.844. The lowest BCUT2D eigenvalue weighted by Crippen LogP contribution is -1.99. The predicted octanol–water partition coefficient (Wildman–Crippen LogP) is 2.44. The van der Waals surface area contributed by atoms with Gasteiger partial charge in [0, 0.05) is 0 Å². The summed E-state index contributed by atoms with van der Waals surface area (Å²) in [5.41, 5.74) is 1.78. The fourth-order valence-electron chi connectivity index (χ4n) is 3.76. The van der Waals surface area contributed by atoms with Crippen molar-refractivity contribution in [2.24, 2.45) is 22.7 Å². The van der Waals surface area contributed by atoms with E-state index in [0.29, 0.717) is 0 Å². The second-order valence-corrected chi connectivity index (χ2v) is 4.89. The lowest BCUT2D eigenvalue weighted by Gasteiger charge is -2.09. The molecule has 1 spiro atoms. The van der Waals surface area contributed by atoms with Crippen LogP contribution in [0.3, 0.4) is 0 Å². The van der Waals surface area contributed by atoms with Gasteiger partial charge in [0.1, 0.15) is 0 Å². The highest BCUT2D eigenvalue weighted by Crippen LogP contribution is 2.90. The van der Waals surface area contributed by atoms with Crippen molar-refractivity contribution in [1.29, 1.82) is 0 Å². The first-order chi connectivity index (χ1) is 4.18. The molecule has 0 saturated heterocycles. The van der Waals surface area contributed by atoms with Gasteiger partial charge >= 0.3 is 0 Å². The van der Waals surface area contributed by atoms with Crippen molar-refractivity contribution in [3.8, 4) is 0 Å². The molecule has 50 valence electrons. The van der Waals surface area contributed by atoms with Crippen LogP contribution in [0, 0.1) is 22.7 Å². The molecule has 0 aromatic heterocycles.